The van der Waals surface area contributed by atoms with E-state index in [0.717, 1.165) is 51.3 Å². The van der Waals surface area contributed by atoms with Gasteiger partial charge in [-0.05, 0) is 67.6 Å². The van der Waals surface area contributed by atoms with Crippen molar-refractivity contribution in [3.8, 4) is 5.69 Å². The minimum atomic E-state index is -0.968. The Kier molecular flexibility index (Phi) is 7.16. The molecule has 0 saturated carbocycles. The maximum absolute atomic E-state index is 13.2. The molecule has 4 aromatic rings. The average molecular weight is 549 g/mol. The summed E-state index contributed by atoms with van der Waals surface area (Å²) in [5, 5.41) is 26.5. The number of hydrogen-bond acceptors (Lipinski definition) is 7. The molecule has 0 amide bonds. The number of nitrogens with zero attached hydrogens (tertiary/aromatic N) is 6. The van der Waals surface area contributed by atoms with Gasteiger partial charge in [0, 0.05) is 43.4 Å². The summed E-state index contributed by atoms with van der Waals surface area (Å²) in [6.07, 6.45) is 5.67. The highest BCUT2D eigenvalue weighted by atomic mass is 35.5. The molecule has 2 aliphatic rings. The van der Waals surface area contributed by atoms with Crippen molar-refractivity contribution in [3.63, 3.8) is 0 Å². The summed E-state index contributed by atoms with van der Waals surface area (Å²) in [5.41, 5.74) is 2.51. The average Bonchev–Trinajstić information content (AvgIpc) is 3.38. The highest BCUT2D eigenvalue weighted by molar-refractivity contribution is 6.30. The Morgan fingerprint density at radius 3 is 2.31 bits per heavy atom. The van der Waals surface area contributed by atoms with Crippen LogP contribution in [0.4, 0.5) is 5.69 Å². The summed E-state index contributed by atoms with van der Waals surface area (Å²) in [6, 6.07) is 15.9. The molecule has 2 aliphatic heterocycles. The van der Waals surface area contributed by atoms with Crippen molar-refractivity contribution >= 4 is 28.3 Å². The molecule has 10 heteroatoms. The van der Waals surface area contributed by atoms with Gasteiger partial charge in [0.1, 0.15) is 11.7 Å². The van der Waals surface area contributed by atoms with Crippen LogP contribution in [0, 0.1) is 0 Å². The van der Waals surface area contributed by atoms with Crippen molar-refractivity contribution in [2.24, 2.45) is 0 Å². The van der Waals surface area contributed by atoms with E-state index in [1.165, 1.54) is 28.3 Å². The van der Waals surface area contributed by atoms with E-state index in [-0.39, 0.29) is 18.2 Å². The number of anilines is 1. The number of aromatic nitrogens is 4. The van der Waals surface area contributed by atoms with Crippen molar-refractivity contribution in [2.75, 3.05) is 31.1 Å². The normalized spacial score (nSPS) is 18.6. The molecule has 2 aromatic heterocycles. The van der Waals surface area contributed by atoms with Gasteiger partial charge in [-0.1, -0.05) is 23.7 Å². The Balaban J connectivity index is 1.08. The number of aliphatic hydroxyl groups is 2. The summed E-state index contributed by atoms with van der Waals surface area (Å²) < 4.78 is 3.12. The number of fused-ring (bicyclic) bond motifs is 1. The molecule has 2 N–H and O–H groups in total. The summed E-state index contributed by atoms with van der Waals surface area (Å²) in [4.78, 5) is 22.4. The molecule has 0 radical (unpaired) electrons. The molecule has 0 aliphatic carbocycles. The maximum atomic E-state index is 13.2. The van der Waals surface area contributed by atoms with Gasteiger partial charge in [0.05, 0.1) is 30.1 Å². The van der Waals surface area contributed by atoms with E-state index in [1.54, 1.807) is 16.8 Å². The Labute approximate surface area is 231 Å². The first-order valence-corrected chi connectivity index (χ1v) is 13.9. The zero-order valence-electron chi connectivity index (χ0n) is 21.8. The van der Waals surface area contributed by atoms with E-state index in [2.05, 4.69) is 44.1 Å². The summed E-state index contributed by atoms with van der Waals surface area (Å²) >= 11 is 6.00. The predicted molar refractivity (Wildman–Crippen MR) is 151 cm³/mol. The van der Waals surface area contributed by atoms with Crippen LogP contribution in [0.3, 0.4) is 0 Å². The van der Waals surface area contributed by atoms with Crippen LogP contribution in [0.5, 0.6) is 0 Å². The highest BCUT2D eigenvalue weighted by Crippen LogP contribution is 2.26. The third-order valence-corrected chi connectivity index (χ3v) is 8.30. The van der Waals surface area contributed by atoms with Crippen LogP contribution >= 0.6 is 11.6 Å². The minimum Gasteiger partial charge on any atom is -0.393 e. The maximum Gasteiger partial charge on any atom is 0.264 e. The largest absolute Gasteiger partial charge is 0.393 e. The van der Waals surface area contributed by atoms with Gasteiger partial charge in [0.25, 0.3) is 5.56 Å². The monoisotopic (exact) mass is 548 g/mol. The lowest BCUT2D eigenvalue weighted by molar-refractivity contribution is -0.0364. The fourth-order valence-corrected chi connectivity index (χ4v) is 5.76. The van der Waals surface area contributed by atoms with Crippen LogP contribution in [0.1, 0.15) is 31.2 Å². The second kappa shape index (κ2) is 10.7. The molecule has 6 rings (SSSR count). The van der Waals surface area contributed by atoms with Gasteiger partial charge in [0.2, 0.25) is 0 Å². The molecule has 4 heterocycles. The van der Waals surface area contributed by atoms with Crippen LogP contribution in [-0.4, -0.2) is 72.3 Å². The molecular formula is C29H33ClN6O3. The summed E-state index contributed by atoms with van der Waals surface area (Å²) in [7, 11) is 0. The molecule has 204 valence electrons. The summed E-state index contributed by atoms with van der Waals surface area (Å²) in [5.74, 6) is 0. The quantitative estimate of drug-likeness (QED) is 0.381. The number of halogens is 1. The van der Waals surface area contributed by atoms with Crippen molar-refractivity contribution < 1.29 is 10.2 Å². The van der Waals surface area contributed by atoms with Gasteiger partial charge in [-0.15, -0.1) is 0 Å². The number of hydrogen-bond donors (Lipinski definition) is 2. The number of aliphatic hydroxyl groups excluding tert-OH is 1. The first kappa shape index (κ1) is 26.0. The topological polar surface area (TPSA) is 99.6 Å². The molecule has 2 saturated heterocycles. The Morgan fingerprint density at radius 1 is 0.949 bits per heavy atom. The zero-order valence-corrected chi connectivity index (χ0v) is 22.5. The Morgan fingerprint density at radius 2 is 1.62 bits per heavy atom. The Hall–Kier alpha value is -3.24. The van der Waals surface area contributed by atoms with Crippen LogP contribution in [0.2, 0.25) is 5.02 Å². The Bertz CT molecular complexity index is 1480. The summed E-state index contributed by atoms with van der Waals surface area (Å²) in [6.45, 7) is 4.31. The highest BCUT2D eigenvalue weighted by Gasteiger charge is 2.33. The van der Waals surface area contributed by atoms with Crippen LogP contribution in [0.25, 0.3) is 16.7 Å². The molecule has 9 nitrogen and oxygen atoms in total. The van der Waals surface area contributed by atoms with Gasteiger partial charge in [0.15, 0.2) is 5.65 Å². The smallest absolute Gasteiger partial charge is 0.264 e. The standard InChI is InChI=1S/C29H33ClN6O3/c30-22-3-7-24(8-4-22)36-27-26(17-32-36)28(38)35(20-31-27)19-29(39)11-15-33(16-12-29)18-21-1-5-23(6-2-21)34-13-9-25(37)10-14-34/h1-8,17,20,25,37,39H,9-16,18-19H2. The van der Waals surface area contributed by atoms with E-state index in [9.17, 15) is 15.0 Å². The van der Waals surface area contributed by atoms with E-state index in [0.29, 0.717) is 28.9 Å². The van der Waals surface area contributed by atoms with Crippen molar-refractivity contribution in [1.29, 1.82) is 0 Å². The van der Waals surface area contributed by atoms with E-state index in [1.807, 2.05) is 12.1 Å². The molecule has 2 fully saturated rings. The van der Waals surface area contributed by atoms with E-state index in [4.69, 9.17) is 11.6 Å². The molecule has 2 aromatic carbocycles. The number of piperidine rings is 2. The second-order valence-corrected chi connectivity index (χ2v) is 11.3. The van der Waals surface area contributed by atoms with E-state index < -0.39 is 5.60 Å². The fraction of sp³-hybridized carbons (Fsp3) is 0.414. The molecule has 39 heavy (non-hydrogen) atoms. The van der Waals surface area contributed by atoms with Crippen molar-refractivity contribution in [2.45, 2.75) is 50.5 Å². The number of rotatable bonds is 6. The molecule has 0 atom stereocenters. The van der Waals surface area contributed by atoms with Gasteiger partial charge in [-0.2, -0.15) is 5.10 Å². The van der Waals surface area contributed by atoms with Gasteiger partial charge in [-0.25, -0.2) is 9.67 Å². The number of likely N-dealkylation sites (tertiary alicyclic amines) is 1. The third kappa shape index (κ3) is 5.58. The lowest BCUT2D eigenvalue weighted by Crippen LogP contribution is -2.47. The van der Waals surface area contributed by atoms with Crippen molar-refractivity contribution in [1.82, 2.24) is 24.2 Å². The third-order valence-electron chi connectivity index (χ3n) is 8.05. The van der Waals surface area contributed by atoms with Crippen LogP contribution in [-0.2, 0) is 13.1 Å². The van der Waals surface area contributed by atoms with Crippen molar-refractivity contribution in [3.05, 3.63) is 82.0 Å². The van der Waals surface area contributed by atoms with Gasteiger partial charge < -0.3 is 15.1 Å². The molecule has 0 unspecified atom stereocenters. The van der Waals surface area contributed by atoms with E-state index >= 15 is 0 Å². The number of benzene rings is 2. The SMILES string of the molecule is O=c1c2cnn(-c3ccc(Cl)cc3)c2ncn1CC1(O)CCN(Cc2ccc(N3CCC(O)CC3)cc2)CC1. The molecule has 0 bridgehead atoms. The predicted octanol–water partition coefficient (Wildman–Crippen LogP) is 3.22. The molecule has 0 spiro atoms. The van der Waals surface area contributed by atoms with Crippen LogP contribution in [0.15, 0.2) is 65.8 Å². The first-order chi connectivity index (χ1) is 18.9. The zero-order chi connectivity index (χ0) is 27.0. The molecular weight excluding hydrogens is 516 g/mol. The first-order valence-electron chi connectivity index (χ1n) is 13.5. The second-order valence-electron chi connectivity index (χ2n) is 10.8. The van der Waals surface area contributed by atoms with Gasteiger partial charge >= 0.3 is 0 Å². The lowest BCUT2D eigenvalue weighted by atomic mass is 9.91. The minimum absolute atomic E-state index is 0.171. The fourth-order valence-electron chi connectivity index (χ4n) is 5.63. The van der Waals surface area contributed by atoms with Gasteiger partial charge in [-0.3, -0.25) is 14.3 Å². The lowest BCUT2D eigenvalue weighted by Gasteiger charge is -2.38. The van der Waals surface area contributed by atoms with Crippen LogP contribution < -0.4 is 10.5 Å².